The van der Waals surface area contributed by atoms with Crippen molar-refractivity contribution in [2.75, 3.05) is 11.9 Å². The highest BCUT2D eigenvalue weighted by molar-refractivity contribution is 6.29. The third-order valence-electron chi connectivity index (χ3n) is 1.67. The van der Waals surface area contributed by atoms with Crippen molar-refractivity contribution in [1.82, 2.24) is 10.2 Å². The van der Waals surface area contributed by atoms with Crippen LogP contribution in [0.1, 0.15) is 13.8 Å². The second-order valence-corrected chi connectivity index (χ2v) is 3.32. The number of nitrogens with zero attached hydrogens (tertiary/aromatic N) is 2. The molecule has 0 saturated heterocycles. The van der Waals surface area contributed by atoms with Crippen LogP contribution in [0.4, 0.5) is 5.82 Å². The van der Waals surface area contributed by atoms with Crippen molar-refractivity contribution >= 4 is 23.4 Å². The zero-order chi connectivity index (χ0) is 12.0. The maximum absolute atomic E-state index is 11.2. The van der Waals surface area contributed by atoms with E-state index in [-0.39, 0.29) is 5.97 Å². The summed E-state index contributed by atoms with van der Waals surface area (Å²) in [6.07, 6.45) is 1.51. The minimum Gasteiger partial charge on any atom is -0.463 e. The van der Waals surface area contributed by atoms with E-state index < -0.39 is 0 Å². The fourth-order valence-corrected chi connectivity index (χ4v) is 0.980. The number of halogens is 1. The maximum atomic E-state index is 11.2. The molecule has 86 valence electrons. The lowest BCUT2D eigenvalue weighted by molar-refractivity contribution is -0.138. The Morgan fingerprint density at radius 2 is 2.31 bits per heavy atom. The summed E-state index contributed by atoms with van der Waals surface area (Å²) in [5.41, 5.74) is 0.457. The molecule has 1 aromatic heterocycles. The lowest BCUT2D eigenvalue weighted by Crippen LogP contribution is -2.07. The molecule has 1 rings (SSSR count). The molecule has 0 fully saturated rings. The van der Waals surface area contributed by atoms with Crippen LogP contribution in [0.3, 0.4) is 0 Å². The van der Waals surface area contributed by atoms with Crippen LogP contribution in [-0.4, -0.2) is 22.8 Å². The predicted octanol–water partition coefficient (Wildman–Crippen LogP) is 2.01. The minimum atomic E-state index is -0.364. The topological polar surface area (TPSA) is 64.1 Å². The Morgan fingerprint density at radius 3 is 2.88 bits per heavy atom. The molecule has 1 aromatic rings. The molecule has 0 aliphatic heterocycles. The molecular formula is C10H12ClN3O2. The average Bonchev–Trinajstić information content (AvgIpc) is 2.28. The molecule has 0 unspecified atom stereocenters. The highest BCUT2D eigenvalue weighted by Gasteiger charge is 2.03. The van der Waals surface area contributed by atoms with Crippen molar-refractivity contribution < 1.29 is 9.53 Å². The van der Waals surface area contributed by atoms with Gasteiger partial charge in [-0.05, 0) is 26.0 Å². The second kappa shape index (κ2) is 6.07. The van der Waals surface area contributed by atoms with Gasteiger partial charge in [0, 0.05) is 6.20 Å². The van der Waals surface area contributed by atoms with Crippen molar-refractivity contribution in [1.29, 1.82) is 0 Å². The Bertz CT molecular complexity index is 390. The molecule has 0 spiro atoms. The second-order valence-electron chi connectivity index (χ2n) is 2.93. The lowest BCUT2D eigenvalue weighted by Gasteiger charge is -2.02. The van der Waals surface area contributed by atoms with Crippen LogP contribution in [0.25, 0.3) is 0 Å². The van der Waals surface area contributed by atoms with E-state index in [9.17, 15) is 4.79 Å². The standard InChI is InChI=1S/C10H12ClN3O2/c1-3-16-10(15)7(2)6-12-9-5-4-8(11)13-14-9/h4-6H,3H2,1-2H3,(H,12,14)/b7-6-. The molecule has 1 heterocycles. The molecule has 0 aliphatic rings. The smallest absolute Gasteiger partial charge is 0.335 e. The summed E-state index contributed by atoms with van der Waals surface area (Å²) in [6, 6.07) is 3.26. The Balaban J connectivity index is 2.58. The van der Waals surface area contributed by atoms with Gasteiger partial charge in [0.25, 0.3) is 0 Å². The zero-order valence-corrected chi connectivity index (χ0v) is 9.78. The van der Waals surface area contributed by atoms with Crippen molar-refractivity contribution in [3.63, 3.8) is 0 Å². The maximum Gasteiger partial charge on any atom is 0.335 e. The molecule has 0 aliphatic carbocycles. The molecule has 1 N–H and O–H groups in total. The zero-order valence-electron chi connectivity index (χ0n) is 9.03. The quantitative estimate of drug-likeness (QED) is 0.645. The van der Waals surface area contributed by atoms with Gasteiger partial charge in [0.15, 0.2) is 11.0 Å². The molecule has 16 heavy (non-hydrogen) atoms. The Hall–Kier alpha value is -1.62. The first kappa shape index (κ1) is 12.4. The molecule has 0 saturated carbocycles. The van der Waals surface area contributed by atoms with Gasteiger partial charge in [-0.1, -0.05) is 11.6 Å². The number of carbonyl (C=O) groups is 1. The van der Waals surface area contributed by atoms with Crippen LogP contribution in [0.2, 0.25) is 5.15 Å². The first-order chi connectivity index (χ1) is 7.63. The van der Waals surface area contributed by atoms with Crippen molar-refractivity contribution in [3.8, 4) is 0 Å². The summed E-state index contributed by atoms with van der Waals surface area (Å²) in [5, 5.41) is 10.5. The van der Waals surface area contributed by atoms with Crippen LogP contribution >= 0.6 is 11.6 Å². The molecule has 0 radical (unpaired) electrons. The SMILES string of the molecule is CCOC(=O)/C(C)=C\Nc1ccc(Cl)nn1. The van der Waals surface area contributed by atoms with Crippen molar-refractivity contribution in [3.05, 3.63) is 29.1 Å². The van der Waals surface area contributed by atoms with E-state index in [1.807, 2.05) is 0 Å². The monoisotopic (exact) mass is 241 g/mol. The van der Waals surface area contributed by atoms with Gasteiger partial charge in [-0.3, -0.25) is 0 Å². The predicted molar refractivity (Wildman–Crippen MR) is 61.1 cm³/mol. The van der Waals surface area contributed by atoms with E-state index in [2.05, 4.69) is 15.5 Å². The van der Waals surface area contributed by atoms with Gasteiger partial charge in [-0.15, -0.1) is 10.2 Å². The highest BCUT2D eigenvalue weighted by atomic mass is 35.5. The number of rotatable bonds is 4. The normalized spacial score (nSPS) is 11.1. The highest BCUT2D eigenvalue weighted by Crippen LogP contribution is 2.06. The fraction of sp³-hybridized carbons (Fsp3) is 0.300. The van der Waals surface area contributed by atoms with Crippen molar-refractivity contribution in [2.45, 2.75) is 13.8 Å². The number of hydrogen-bond donors (Lipinski definition) is 1. The number of carbonyl (C=O) groups excluding carboxylic acids is 1. The number of ether oxygens (including phenoxy) is 1. The van der Waals surface area contributed by atoms with Crippen LogP contribution < -0.4 is 5.32 Å². The van der Waals surface area contributed by atoms with Crippen LogP contribution in [0.5, 0.6) is 0 Å². The first-order valence-corrected chi connectivity index (χ1v) is 5.11. The molecular weight excluding hydrogens is 230 g/mol. The number of anilines is 1. The van der Waals surface area contributed by atoms with E-state index >= 15 is 0 Å². The Morgan fingerprint density at radius 1 is 1.56 bits per heavy atom. The summed E-state index contributed by atoms with van der Waals surface area (Å²) < 4.78 is 4.81. The largest absolute Gasteiger partial charge is 0.463 e. The van der Waals surface area contributed by atoms with Crippen LogP contribution in [0, 0.1) is 0 Å². The lowest BCUT2D eigenvalue weighted by atomic mass is 10.3. The minimum absolute atomic E-state index is 0.316. The van der Waals surface area contributed by atoms with Gasteiger partial charge in [0.05, 0.1) is 12.2 Å². The summed E-state index contributed by atoms with van der Waals surface area (Å²) in [4.78, 5) is 11.2. The Labute approximate surface area is 98.5 Å². The molecule has 0 amide bonds. The number of esters is 1. The van der Waals surface area contributed by atoms with E-state index in [4.69, 9.17) is 16.3 Å². The molecule has 0 bridgehead atoms. The molecule has 6 heteroatoms. The summed E-state index contributed by atoms with van der Waals surface area (Å²) in [6.45, 7) is 3.75. The van der Waals surface area contributed by atoms with Gasteiger partial charge in [-0.25, -0.2) is 4.79 Å². The third kappa shape index (κ3) is 3.86. The first-order valence-electron chi connectivity index (χ1n) is 4.73. The van der Waals surface area contributed by atoms with E-state index in [0.717, 1.165) is 0 Å². The fourth-order valence-electron chi connectivity index (χ4n) is 0.879. The van der Waals surface area contributed by atoms with Gasteiger partial charge in [0.1, 0.15) is 0 Å². The Kier molecular flexibility index (Phi) is 4.72. The molecule has 5 nitrogen and oxygen atoms in total. The number of hydrogen-bond acceptors (Lipinski definition) is 5. The summed E-state index contributed by atoms with van der Waals surface area (Å²) >= 11 is 5.58. The third-order valence-corrected chi connectivity index (χ3v) is 1.87. The van der Waals surface area contributed by atoms with Crippen molar-refractivity contribution in [2.24, 2.45) is 0 Å². The van der Waals surface area contributed by atoms with Gasteiger partial charge < -0.3 is 10.1 Å². The number of nitrogens with one attached hydrogen (secondary N) is 1. The van der Waals surface area contributed by atoms with Gasteiger partial charge in [0.2, 0.25) is 0 Å². The van der Waals surface area contributed by atoms with E-state index in [1.165, 1.54) is 6.20 Å². The van der Waals surface area contributed by atoms with Gasteiger partial charge in [-0.2, -0.15) is 0 Å². The molecule has 0 atom stereocenters. The summed E-state index contributed by atoms with van der Waals surface area (Å²) in [7, 11) is 0. The average molecular weight is 242 g/mol. The summed E-state index contributed by atoms with van der Waals surface area (Å²) in [5.74, 6) is 0.143. The van der Waals surface area contributed by atoms with Crippen LogP contribution in [-0.2, 0) is 9.53 Å². The molecule has 0 aromatic carbocycles. The van der Waals surface area contributed by atoms with E-state index in [0.29, 0.717) is 23.2 Å². The van der Waals surface area contributed by atoms with E-state index in [1.54, 1.807) is 26.0 Å². The van der Waals surface area contributed by atoms with Gasteiger partial charge >= 0.3 is 5.97 Å². The van der Waals surface area contributed by atoms with Crippen LogP contribution in [0.15, 0.2) is 23.9 Å². The number of aromatic nitrogens is 2.